The predicted octanol–water partition coefficient (Wildman–Crippen LogP) is 5.15. The highest BCUT2D eigenvalue weighted by Gasteiger charge is 2.25. The van der Waals surface area contributed by atoms with E-state index in [1.54, 1.807) is 6.33 Å². The van der Waals surface area contributed by atoms with E-state index in [2.05, 4.69) is 71.8 Å². The lowest BCUT2D eigenvalue weighted by Crippen LogP contribution is -2.43. The van der Waals surface area contributed by atoms with Crippen molar-refractivity contribution in [3.8, 4) is 11.3 Å². The lowest BCUT2D eigenvalue weighted by molar-refractivity contribution is 0.417. The summed E-state index contributed by atoms with van der Waals surface area (Å²) in [6.07, 6.45) is 11.0. The van der Waals surface area contributed by atoms with Gasteiger partial charge in [0.05, 0.1) is 17.4 Å². The van der Waals surface area contributed by atoms with Gasteiger partial charge in [-0.25, -0.2) is 14.5 Å². The fourth-order valence-corrected chi connectivity index (χ4v) is 5.41. The lowest BCUT2D eigenvalue weighted by atomic mass is 9.94. The van der Waals surface area contributed by atoms with Crippen LogP contribution < -0.4 is 10.2 Å². The van der Waals surface area contributed by atoms with Crippen LogP contribution in [0.2, 0.25) is 0 Å². The molecule has 4 aromatic heterocycles. The molecule has 0 radical (unpaired) electrons. The quantitative estimate of drug-likeness (QED) is 0.297. The molecule has 4 aromatic rings. The van der Waals surface area contributed by atoms with Gasteiger partial charge in [0.25, 0.3) is 0 Å². The molecule has 1 saturated heterocycles. The molecule has 1 aliphatic heterocycles. The van der Waals surface area contributed by atoms with Crippen LogP contribution >= 0.6 is 0 Å². The molecule has 5 rings (SSSR count). The number of nitrogens with zero attached hydrogens (tertiary/aromatic N) is 5. The summed E-state index contributed by atoms with van der Waals surface area (Å²) in [4.78, 5) is 15.5. The smallest absolute Gasteiger partial charge is 0.158 e. The summed E-state index contributed by atoms with van der Waals surface area (Å²) in [5, 5.41) is 9.35. The van der Waals surface area contributed by atoms with Gasteiger partial charge >= 0.3 is 0 Å². The van der Waals surface area contributed by atoms with E-state index in [1.165, 1.54) is 16.5 Å². The molecular weight excluding hydrogens is 422 g/mol. The third-order valence-corrected chi connectivity index (χ3v) is 7.10. The second-order valence-electron chi connectivity index (χ2n) is 9.80. The lowest BCUT2D eigenvalue weighted by Gasteiger charge is -2.34. The molecule has 0 aromatic carbocycles. The molecule has 2 N–H and O–H groups in total. The van der Waals surface area contributed by atoms with E-state index in [1.807, 2.05) is 16.8 Å². The summed E-state index contributed by atoms with van der Waals surface area (Å²) in [6.45, 7) is 15.8. The number of aryl methyl sites for hydroxylation is 2. The van der Waals surface area contributed by atoms with Crippen molar-refractivity contribution < 1.29 is 0 Å². The summed E-state index contributed by atoms with van der Waals surface area (Å²) in [5.41, 5.74) is 7.99. The summed E-state index contributed by atoms with van der Waals surface area (Å²) in [5.74, 6) is 1.48. The molecule has 0 saturated carbocycles. The van der Waals surface area contributed by atoms with Crippen LogP contribution in [-0.2, 0) is 0 Å². The molecule has 0 unspecified atom stereocenters. The van der Waals surface area contributed by atoms with Gasteiger partial charge in [0, 0.05) is 41.8 Å². The van der Waals surface area contributed by atoms with Crippen molar-refractivity contribution in [2.24, 2.45) is 0 Å². The SMILES string of the molecule is C=CCCNC1CCN(c2ncc3[nH]c(-c4cc(C)c5ncnn5c4)c(C(C)C)c3c2C)CC1. The first-order valence-corrected chi connectivity index (χ1v) is 12.4. The predicted molar refractivity (Wildman–Crippen MR) is 140 cm³/mol. The van der Waals surface area contributed by atoms with Crippen molar-refractivity contribution in [3.05, 3.63) is 54.1 Å². The van der Waals surface area contributed by atoms with Crippen LogP contribution in [0.1, 0.15) is 55.7 Å². The van der Waals surface area contributed by atoms with E-state index >= 15 is 0 Å². The van der Waals surface area contributed by atoms with Crippen molar-refractivity contribution in [2.45, 2.75) is 58.9 Å². The van der Waals surface area contributed by atoms with Gasteiger partial charge in [-0.2, -0.15) is 5.10 Å². The zero-order valence-electron chi connectivity index (χ0n) is 20.7. The zero-order chi connectivity index (χ0) is 23.8. The van der Waals surface area contributed by atoms with E-state index in [0.717, 1.165) is 72.7 Å². The average Bonchev–Trinajstić information content (AvgIpc) is 3.46. The van der Waals surface area contributed by atoms with Crippen LogP contribution in [0.25, 0.3) is 27.8 Å². The van der Waals surface area contributed by atoms with Crippen LogP contribution in [0.4, 0.5) is 5.82 Å². The minimum Gasteiger partial charge on any atom is -0.356 e. The van der Waals surface area contributed by atoms with E-state index < -0.39 is 0 Å². The second kappa shape index (κ2) is 9.22. The molecule has 7 heteroatoms. The highest BCUT2D eigenvalue weighted by molar-refractivity contribution is 5.95. The third-order valence-electron chi connectivity index (χ3n) is 7.10. The van der Waals surface area contributed by atoms with Crippen LogP contribution in [0.5, 0.6) is 0 Å². The molecule has 0 aliphatic carbocycles. The Balaban J connectivity index is 1.51. The first-order valence-electron chi connectivity index (χ1n) is 12.4. The first kappa shape index (κ1) is 22.6. The monoisotopic (exact) mass is 457 g/mol. The Morgan fingerprint density at radius 3 is 2.76 bits per heavy atom. The fourth-order valence-electron chi connectivity index (χ4n) is 5.41. The number of rotatable bonds is 7. The van der Waals surface area contributed by atoms with Crippen LogP contribution in [0, 0.1) is 13.8 Å². The van der Waals surface area contributed by atoms with Gasteiger partial charge in [0.2, 0.25) is 0 Å². The number of H-pyrrole nitrogens is 1. The normalized spacial score (nSPS) is 15.1. The van der Waals surface area contributed by atoms with Crippen molar-refractivity contribution >= 4 is 22.4 Å². The number of hydrogen-bond acceptors (Lipinski definition) is 5. The molecular formula is C27H35N7. The fraction of sp³-hybridized carbons (Fsp3) is 0.444. The highest BCUT2D eigenvalue weighted by atomic mass is 15.3. The Morgan fingerprint density at radius 1 is 1.24 bits per heavy atom. The van der Waals surface area contributed by atoms with Crippen LogP contribution in [-0.4, -0.2) is 50.2 Å². The summed E-state index contributed by atoms with van der Waals surface area (Å²) < 4.78 is 1.87. The molecule has 178 valence electrons. The van der Waals surface area contributed by atoms with Gasteiger partial charge in [-0.05, 0) is 62.8 Å². The summed E-state index contributed by atoms with van der Waals surface area (Å²) in [7, 11) is 0. The minimum atomic E-state index is 0.365. The maximum atomic E-state index is 4.93. The van der Waals surface area contributed by atoms with Crippen molar-refractivity contribution in [1.82, 2.24) is 29.9 Å². The minimum absolute atomic E-state index is 0.365. The number of nitrogens with one attached hydrogen (secondary N) is 2. The maximum absolute atomic E-state index is 4.93. The Labute approximate surface area is 201 Å². The number of piperidine rings is 1. The number of hydrogen-bond donors (Lipinski definition) is 2. The average molecular weight is 458 g/mol. The van der Waals surface area contributed by atoms with Gasteiger partial charge in [-0.3, -0.25) is 0 Å². The topological polar surface area (TPSA) is 74.1 Å². The Bertz CT molecular complexity index is 1320. The summed E-state index contributed by atoms with van der Waals surface area (Å²) in [6, 6.07) is 2.79. The van der Waals surface area contributed by atoms with Crippen molar-refractivity contribution in [3.63, 3.8) is 0 Å². The molecule has 1 aliphatic rings. The Hall–Kier alpha value is -3.19. The van der Waals surface area contributed by atoms with Crippen molar-refractivity contribution in [1.29, 1.82) is 0 Å². The highest BCUT2D eigenvalue weighted by Crippen LogP contribution is 2.39. The van der Waals surface area contributed by atoms with Gasteiger partial charge in [0.1, 0.15) is 12.1 Å². The maximum Gasteiger partial charge on any atom is 0.158 e. The van der Waals surface area contributed by atoms with Crippen LogP contribution in [0.15, 0.2) is 37.4 Å². The Morgan fingerprint density at radius 2 is 2.03 bits per heavy atom. The van der Waals surface area contributed by atoms with E-state index in [0.29, 0.717) is 12.0 Å². The number of pyridine rings is 2. The van der Waals surface area contributed by atoms with E-state index in [4.69, 9.17) is 4.98 Å². The van der Waals surface area contributed by atoms with Gasteiger partial charge in [0.15, 0.2) is 5.65 Å². The number of fused-ring (bicyclic) bond motifs is 2. The molecule has 0 spiro atoms. The first-order chi connectivity index (χ1) is 16.5. The molecule has 0 amide bonds. The molecule has 1 fully saturated rings. The Kier molecular flexibility index (Phi) is 6.13. The van der Waals surface area contributed by atoms with Gasteiger partial charge in [-0.1, -0.05) is 19.9 Å². The molecule has 5 heterocycles. The summed E-state index contributed by atoms with van der Waals surface area (Å²) >= 11 is 0. The molecule has 0 atom stereocenters. The van der Waals surface area contributed by atoms with Gasteiger partial charge in [-0.15, -0.1) is 6.58 Å². The molecule has 7 nitrogen and oxygen atoms in total. The van der Waals surface area contributed by atoms with Crippen molar-refractivity contribution in [2.75, 3.05) is 24.5 Å². The molecule has 34 heavy (non-hydrogen) atoms. The number of aromatic amines is 1. The zero-order valence-corrected chi connectivity index (χ0v) is 20.7. The standard InChI is InChI=1S/C27H35N7/c1-6-7-10-28-21-8-11-33(12-9-21)27-19(5)24-22(14-29-27)32-25(23(24)17(2)3)20-13-18(4)26-30-16-31-34(26)15-20/h6,13-17,21,28,32H,1,7-12H2,2-5H3. The van der Waals surface area contributed by atoms with Crippen LogP contribution in [0.3, 0.4) is 0 Å². The molecule has 0 bridgehead atoms. The van der Waals surface area contributed by atoms with E-state index in [9.17, 15) is 0 Å². The largest absolute Gasteiger partial charge is 0.356 e. The van der Waals surface area contributed by atoms with Gasteiger partial charge < -0.3 is 15.2 Å². The third kappa shape index (κ3) is 3.98. The second-order valence-corrected chi connectivity index (χ2v) is 9.80. The number of aromatic nitrogens is 5. The van der Waals surface area contributed by atoms with E-state index in [-0.39, 0.29) is 0 Å². The number of anilines is 1.